The maximum absolute atomic E-state index is 10.4. The van der Waals surface area contributed by atoms with Gasteiger partial charge in [0.1, 0.15) is 5.02 Å². The molecule has 2 nitrogen and oxygen atoms in total. The van der Waals surface area contributed by atoms with Crippen LogP contribution in [0.4, 0.5) is 0 Å². The van der Waals surface area contributed by atoms with Gasteiger partial charge in [0.2, 0.25) is 0 Å². The fraction of sp³-hybridized carbons (Fsp3) is 0. The van der Waals surface area contributed by atoms with Crippen LogP contribution < -0.4 is 5.56 Å². The van der Waals surface area contributed by atoms with Crippen molar-refractivity contribution in [1.29, 1.82) is 0 Å². The number of aromatic amines is 1. The van der Waals surface area contributed by atoms with E-state index in [-0.39, 0.29) is 23.0 Å². The number of pyridine rings is 1. The monoisotopic (exact) mass is 165 g/mol. The highest BCUT2D eigenvalue weighted by molar-refractivity contribution is 6.30. The molecule has 9 heavy (non-hydrogen) atoms. The quantitative estimate of drug-likeness (QED) is 0.621. The molecule has 0 saturated heterocycles. The van der Waals surface area contributed by atoms with Gasteiger partial charge < -0.3 is 4.98 Å². The van der Waals surface area contributed by atoms with Gasteiger partial charge in [-0.2, -0.15) is 0 Å². The minimum atomic E-state index is -0.242. The van der Waals surface area contributed by atoms with Gasteiger partial charge in [0.05, 0.1) is 0 Å². The zero-order valence-electron chi connectivity index (χ0n) is 4.43. The van der Waals surface area contributed by atoms with Crippen LogP contribution in [0.2, 0.25) is 5.02 Å². The third kappa shape index (κ3) is 2.08. The van der Waals surface area contributed by atoms with Crippen molar-refractivity contribution in [2.24, 2.45) is 0 Å². The molecule has 50 valence electrons. The molecule has 0 aliphatic carbocycles. The molecule has 0 bridgehead atoms. The van der Waals surface area contributed by atoms with Gasteiger partial charge in [-0.05, 0) is 12.1 Å². The van der Waals surface area contributed by atoms with Crippen LogP contribution in [0, 0.1) is 0 Å². The Balaban J connectivity index is 0.000000640. The molecule has 0 radical (unpaired) electrons. The van der Waals surface area contributed by atoms with Crippen molar-refractivity contribution in [3.8, 4) is 0 Å². The van der Waals surface area contributed by atoms with Crippen LogP contribution in [-0.4, -0.2) is 4.98 Å². The molecule has 1 rings (SSSR count). The first-order chi connectivity index (χ1) is 3.80. The Hall–Kier alpha value is -0.470. The van der Waals surface area contributed by atoms with Crippen molar-refractivity contribution in [2.45, 2.75) is 0 Å². The van der Waals surface area contributed by atoms with Crippen LogP contribution in [0.1, 0.15) is 0 Å². The zero-order chi connectivity index (χ0) is 5.98. The Morgan fingerprint density at radius 1 is 1.56 bits per heavy atom. The Morgan fingerprint density at radius 3 is 2.56 bits per heavy atom. The second-order valence-electron chi connectivity index (χ2n) is 1.35. The third-order valence-corrected chi connectivity index (χ3v) is 1.07. The summed E-state index contributed by atoms with van der Waals surface area (Å²) in [5.74, 6) is 0. The molecule has 0 atom stereocenters. The maximum atomic E-state index is 10.4. The summed E-state index contributed by atoms with van der Waals surface area (Å²) < 4.78 is 0. The van der Waals surface area contributed by atoms with Crippen LogP contribution in [0.25, 0.3) is 0 Å². The van der Waals surface area contributed by atoms with Crippen LogP contribution in [0.5, 0.6) is 0 Å². The van der Waals surface area contributed by atoms with Crippen molar-refractivity contribution in [3.63, 3.8) is 0 Å². The predicted molar refractivity (Wildman–Crippen MR) is 39.3 cm³/mol. The summed E-state index contributed by atoms with van der Waals surface area (Å²) in [5, 5.41) is 0.229. The number of hydrogen-bond donors (Lipinski definition) is 1. The van der Waals surface area contributed by atoms with E-state index in [0.29, 0.717) is 0 Å². The molecule has 0 amide bonds. The summed E-state index contributed by atoms with van der Waals surface area (Å²) in [6.45, 7) is 0. The Bertz CT molecular complexity index is 232. The van der Waals surface area contributed by atoms with E-state index in [1.807, 2.05) is 0 Å². The molecular weight excluding hydrogens is 161 g/mol. The molecule has 0 aromatic carbocycles. The molecule has 1 aromatic heterocycles. The van der Waals surface area contributed by atoms with Gasteiger partial charge in [-0.1, -0.05) is 11.6 Å². The number of halogens is 2. The predicted octanol–water partition coefficient (Wildman–Crippen LogP) is 1.45. The topological polar surface area (TPSA) is 32.9 Å². The number of nitrogens with one attached hydrogen (secondary N) is 1. The summed E-state index contributed by atoms with van der Waals surface area (Å²) in [7, 11) is 0. The van der Waals surface area contributed by atoms with Gasteiger partial charge in [0, 0.05) is 6.20 Å². The molecule has 1 N–H and O–H groups in total. The highest BCUT2D eigenvalue weighted by Gasteiger charge is 1.86. The van der Waals surface area contributed by atoms with Crippen molar-refractivity contribution < 1.29 is 0 Å². The van der Waals surface area contributed by atoms with E-state index in [1.54, 1.807) is 12.1 Å². The maximum Gasteiger partial charge on any atom is 0.266 e. The molecule has 1 heterocycles. The number of rotatable bonds is 0. The van der Waals surface area contributed by atoms with Gasteiger partial charge in [-0.3, -0.25) is 4.79 Å². The van der Waals surface area contributed by atoms with Crippen molar-refractivity contribution in [2.75, 3.05) is 0 Å². The first-order valence-corrected chi connectivity index (χ1v) is 2.52. The smallest absolute Gasteiger partial charge is 0.266 e. The van der Waals surface area contributed by atoms with E-state index in [0.717, 1.165) is 0 Å². The van der Waals surface area contributed by atoms with E-state index in [2.05, 4.69) is 4.98 Å². The summed E-state index contributed by atoms with van der Waals surface area (Å²) in [6, 6.07) is 3.21. The molecule has 0 fully saturated rings. The van der Waals surface area contributed by atoms with Crippen LogP contribution in [0.3, 0.4) is 0 Å². The highest BCUT2D eigenvalue weighted by Crippen LogP contribution is 1.94. The molecule has 1 aromatic rings. The lowest BCUT2D eigenvalue weighted by Gasteiger charge is -1.81. The first-order valence-electron chi connectivity index (χ1n) is 2.14. The fourth-order valence-corrected chi connectivity index (χ4v) is 0.528. The second-order valence-corrected chi connectivity index (χ2v) is 1.75. The van der Waals surface area contributed by atoms with Gasteiger partial charge in [-0.25, -0.2) is 0 Å². The van der Waals surface area contributed by atoms with Crippen molar-refractivity contribution in [1.82, 2.24) is 4.98 Å². The normalized spacial score (nSPS) is 8.11. The van der Waals surface area contributed by atoms with E-state index < -0.39 is 0 Å². The molecule has 0 aliphatic rings. The molecule has 0 saturated carbocycles. The van der Waals surface area contributed by atoms with E-state index >= 15 is 0 Å². The lowest BCUT2D eigenvalue weighted by Crippen LogP contribution is -2.02. The molecular formula is C5H5Cl2NO. The summed E-state index contributed by atoms with van der Waals surface area (Å²) in [4.78, 5) is 12.8. The van der Waals surface area contributed by atoms with Gasteiger partial charge in [0.15, 0.2) is 0 Å². The molecule has 0 aliphatic heterocycles. The highest BCUT2D eigenvalue weighted by atomic mass is 35.5. The number of hydrogen-bond acceptors (Lipinski definition) is 1. The molecule has 0 spiro atoms. The third-order valence-electron chi connectivity index (χ3n) is 0.770. The van der Waals surface area contributed by atoms with Crippen LogP contribution in [0.15, 0.2) is 23.1 Å². The summed E-state index contributed by atoms with van der Waals surface area (Å²) in [5.41, 5.74) is -0.242. The lowest BCUT2D eigenvalue weighted by atomic mass is 10.5. The van der Waals surface area contributed by atoms with Gasteiger partial charge in [-0.15, -0.1) is 12.4 Å². The van der Waals surface area contributed by atoms with E-state index in [1.165, 1.54) is 6.20 Å². The Kier molecular flexibility index (Phi) is 3.35. The fourth-order valence-electron chi connectivity index (χ4n) is 0.401. The van der Waals surface area contributed by atoms with Crippen molar-refractivity contribution >= 4 is 24.0 Å². The number of aromatic nitrogens is 1. The number of H-pyrrole nitrogens is 1. The van der Waals surface area contributed by atoms with E-state index in [4.69, 9.17) is 11.6 Å². The minimum Gasteiger partial charge on any atom is -0.328 e. The largest absolute Gasteiger partial charge is 0.328 e. The minimum absolute atomic E-state index is 0. The Labute approximate surface area is 63.3 Å². The van der Waals surface area contributed by atoms with Crippen molar-refractivity contribution in [3.05, 3.63) is 33.7 Å². The SMILES string of the molecule is Cl.O=c1[nH]cccc1Cl. The lowest BCUT2D eigenvalue weighted by molar-refractivity contribution is 1.24. The van der Waals surface area contributed by atoms with E-state index in [9.17, 15) is 4.79 Å². The average molecular weight is 166 g/mol. The summed E-state index contributed by atoms with van der Waals surface area (Å²) in [6.07, 6.45) is 1.54. The summed E-state index contributed by atoms with van der Waals surface area (Å²) >= 11 is 5.36. The standard InChI is InChI=1S/C5H4ClNO.ClH/c6-4-2-1-3-7-5(4)8;/h1-3H,(H,7,8);1H. The van der Waals surface area contributed by atoms with Gasteiger partial charge >= 0.3 is 0 Å². The van der Waals surface area contributed by atoms with Crippen LogP contribution >= 0.6 is 24.0 Å². The first kappa shape index (κ1) is 8.53. The average Bonchev–Trinajstić information content (AvgIpc) is 1.77. The molecule has 4 heteroatoms. The molecule has 0 unspecified atom stereocenters. The Morgan fingerprint density at radius 2 is 2.22 bits per heavy atom. The van der Waals surface area contributed by atoms with Gasteiger partial charge in [0.25, 0.3) is 5.56 Å². The zero-order valence-corrected chi connectivity index (χ0v) is 6.00. The van der Waals surface area contributed by atoms with Crippen LogP contribution in [-0.2, 0) is 0 Å². The second kappa shape index (κ2) is 3.54.